The molecule has 0 radical (unpaired) electrons. The van der Waals surface area contributed by atoms with Gasteiger partial charge in [0.05, 0.1) is 6.10 Å². The van der Waals surface area contributed by atoms with E-state index in [4.69, 9.17) is 17.3 Å². The molecule has 0 aromatic heterocycles. The van der Waals surface area contributed by atoms with Crippen LogP contribution in [0.25, 0.3) is 0 Å². The summed E-state index contributed by atoms with van der Waals surface area (Å²) in [6, 6.07) is 7.28. The van der Waals surface area contributed by atoms with Gasteiger partial charge in [-0.05, 0) is 6.07 Å². The van der Waals surface area contributed by atoms with Crippen LogP contribution in [0.15, 0.2) is 24.3 Å². The van der Waals surface area contributed by atoms with Crippen LogP contribution in [0.5, 0.6) is 0 Å². The Kier molecular flexibility index (Phi) is 4.90. The molecule has 14 heavy (non-hydrogen) atoms. The summed E-state index contributed by atoms with van der Waals surface area (Å²) in [6.07, 6.45) is -0.574. The number of halogens is 1. The summed E-state index contributed by atoms with van der Waals surface area (Å²) in [5.74, 6) is 0. The van der Waals surface area contributed by atoms with Crippen LogP contribution in [0.3, 0.4) is 0 Å². The zero-order chi connectivity index (χ0) is 10.4. The van der Waals surface area contributed by atoms with E-state index in [0.717, 1.165) is 5.56 Å². The fraction of sp³-hybridized carbons (Fsp3) is 0.400. The first kappa shape index (κ1) is 11.5. The van der Waals surface area contributed by atoms with Crippen LogP contribution in [0.1, 0.15) is 11.7 Å². The van der Waals surface area contributed by atoms with E-state index in [2.05, 4.69) is 5.32 Å². The molecule has 1 rings (SSSR count). The Bertz CT molecular complexity index is 281. The highest BCUT2D eigenvalue weighted by Gasteiger charge is 2.09. The Morgan fingerprint density at radius 1 is 1.43 bits per heavy atom. The third kappa shape index (κ3) is 3.27. The Labute approximate surface area is 88.9 Å². The van der Waals surface area contributed by atoms with Gasteiger partial charge in [0, 0.05) is 30.2 Å². The summed E-state index contributed by atoms with van der Waals surface area (Å²) >= 11 is 5.92. The van der Waals surface area contributed by atoms with Crippen molar-refractivity contribution in [2.24, 2.45) is 5.73 Å². The lowest BCUT2D eigenvalue weighted by atomic mass is 10.1. The van der Waals surface area contributed by atoms with E-state index in [9.17, 15) is 5.11 Å². The molecule has 1 aromatic carbocycles. The molecule has 78 valence electrons. The SMILES string of the molecule is NCCNCC(O)c1ccccc1Cl. The highest BCUT2D eigenvalue weighted by Crippen LogP contribution is 2.21. The smallest absolute Gasteiger partial charge is 0.0928 e. The summed E-state index contributed by atoms with van der Waals surface area (Å²) in [7, 11) is 0. The summed E-state index contributed by atoms with van der Waals surface area (Å²) in [5.41, 5.74) is 6.06. The Morgan fingerprint density at radius 3 is 2.79 bits per heavy atom. The van der Waals surface area contributed by atoms with Crippen molar-refractivity contribution in [2.45, 2.75) is 6.10 Å². The Morgan fingerprint density at radius 2 is 2.14 bits per heavy atom. The second-order valence-electron chi connectivity index (χ2n) is 3.03. The second-order valence-corrected chi connectivity index (χ2v) is 3.44. The van der Waals surface area contributed by atoms with E-state index in [1.165, 1.54) is 0 Å². The number of nitrogens with two attached hydrogens (primary N) is 1. The summed E-state index contributed by atoms with van der Waals surface area (Å²) < 4.78 is 0. The topological polar surface area (TPSA) is 58.3 Å². The minimum absolute atomic E-state index is 0.473. The highest BCUT2D eigenvalue weighted by atomic mass is 35.5. The number of hydrogen-bond acceptors (Lipinski definition) is 3. The molecule has 0 fully saturated rings. The maximum Gasteiger partial charge on any atom is 0.0928 e. The minimum atomic E-state index is -0.574. The van der Waals surface area contributed by atoms with Crippen molar-refractivity contribution in [1.82, 2.24) is 5.32 Å². The van der Waals surface area contributed by atoms with Crippen molar-refractivity contribution >= 4 is 11.6 Å². The quantitative estimate of drug-likeness (QED) is 0.639. The van der Waals surface area contributed by atoms with Gasteiger partial charge in [0.15, 0.2) is 0 Å². The van der Waals surface area contributed by atoms with E-state index in [-0.39, 0.29) is 0 Å². The zero-order valence-corrected chi connectivity index (χ0v) is 8.67. The van der Waals surface area contributed by atoms with Gasteiger partial charge in [-0.15, -0.1) is 0 Å². The van der Waals surface area contributed by atoms with Gasteiger partial charge in [0.25, 0.3) is 0 Å². The molecular formula is C10H15ClN2O. The van der Waals surface area contributed by atoms with Gasteiger partial charge in [-0.3, -0.25) is 0 Å². The Hall–Kier alpha value is -0.610. The normalized spacial score (nSPS) is 12.8. The zero-order valence-electron chi connectivity index (χ0n) is 7.91. The largest absolute Gasteiger partial charge is 0.387 e. The van der Waals surface area contributed by atoms with Crippen LogP contribution in [0, 0.1) is 0 Å². The first-order valence-corrected chi connectivity index (χ1v) is 4.96. The standard InChI is InChI=1S/C10H15ClN2O/c11-9-4-2-1-3-8(9)10(14)7-13-6-5-12/h1-4,10,13-14H,5-7,12H2. The Balaban J connectivity index is 2.51. The van der Waals surface area contributed by atoms with E-state index < -0.39 is 6.10 Å². The molecule has 1 atom stereocenters. The maximum absolute atomic E-state index is 9.74. The third-order valence-corrected chi connectivity index (χ3v) is 2.27. The average Bonchev–Trinajstić information content (AvgIpc) is 2.18. The van der Waals surface area contributed by atoms with Crippen LogP contribution in [-0.4, -0.2) is 24.7 Å². The van der Waals surface area contributed by atoms with Gasteiger partial charge in [-0.25, -0.2) is 0 Å². The first-order chi connectivity index (χ1) is 6.75. The monoisotopic (exact) mass is 214 g/mol. The van der Waals surface area contributed by atoms with Crippen LogP contribution in [-0.2, 0) is 0 Å². The maximum atomic E-state index is 9.74. The van der Waals surface area contributed by atoms with Crippen molar-refractivity contribution in [2.75, 3.05) is 19.6 Å². The molecule has 0 spiro atoms. The fourth-order valence-electron chi connectivity index (χ4n) is 1.20. The molecule has 1 aromatic rings. The summed E-state index contributed by atoms with van der Waals surface area (Å²) in [5, 5.41) is 13.4. The first-order valence-electron chi connectivity index (χ1n) is 4.59. The van der Waals surface area contributed by atoms with E-state index in [0.29, 0.717) is 24.7 Å². The lowest BCUT2D eigenvalue weighted by molar-refractivity contribution is 0.175. The lowest BCUT2D eigenvalue weighted by Gasteiger charge is -2.12. The van der Waals surface area contributed by atoms with Crippen LogP contribution >= 0.6 is 11.6 Å². The molecular weight excluding hydrogens is 200 g/mol. The average molecular weight is 215 g/mol. The molecule has 0 aliphatic heterocycles. The van der Waals surface area contributed by atoms with E-state index >= 15 is 0 Å². The van der Waals surface area contributed by atoms with Gasteiger partial charge in [0.1, 0.15) is 0 Å². The number of rotatable bonds is 5. The van der Waals surface area contributed by atoms with Crippen molar-refractivity contribution in [3.05, 3.63) is 34.9 Å². The molecule has 0 saturated heterocycles. The van der Waals surface area contributed by atoms with Crippen molar-refractivity contribution in [3.8, 4) is 0 Å². The predicted molar refractivity (Wildman–Crippen MR) is 58.3 cm³/mol. The van der Waals surface area contributed by atoms with Crippen LogP contribution < -0.4 is 11.1 Å². The van der Waals surface area contributed by atoms with Crippen molar-refractivity contribution in [3.63, 3.8) is 0 Å². The number of hydrogen-bond donors (Lipinski definition) is 3. The lowest BCUT2D eigenvalue weighted by Crippen LogP contribution is -2.27. The van der Waals surface area contributed by atoms with Crippen molar-refractivity contribution in [1.29, 1.82) is 0 Å². The van der Waals surface area contributed by atoms with Crippen molar-refractivity contribution < 1.29 is 5.11 Å². The van der Waals surface area contributed by atoms with Gasteiger partial charge in [-0.2, -0.15) is 0 Å². The van der Waals surface area contributed by atoms with Gasteiger partial charge < -0.3 is 16.2 Å². The predicted octanol–water partition coefficient (Wildman–Crippen LogP) is 0.922. The summed E-state index contributed by atoms with van der Waals surface area (Å²) in [6.45, 7) is 1.73. The molecule has 4 N–H and O–H groups in total. The highest BCUT2D eigenvalue weighted by molar-refractivity contribution is 6.31. The second kappa shape index (κ2) is 5.98. The number of aliphatic hydroxyl groups is 1. The van der Waals surface area contributed by atoms with Crippen LogP contribution in [0.4, 0.5) is 0 Å². The minimum Gasteiger partial charge on any atom is -0.387 e. The van der Waals surface area contributed by atoms with Gasteiger partial charge in [0.2, 0.25) is 0 Å². The van der Waals surface area contributed by atoms with Crippen LogP contribution in [0.2, 0.25) is 5.02 Å². The number of benzene rings is 1. The number of nitrogens with one attached hydrogen (secondary N) is 1. The van der Waals surface area contributed by atoms with E-state index in [1.54, 1.807) is 6.07 Å². The fourth-order valence-corrected chi connectivity index (χ4v) is 1.46. The summed E-state index contributed by atoms with van der Waals surface area (Å²) in [4.78, 5) is 0. The molecule has 0 heterocycles. The van der Waals surface area contributed by atoms with Gasteiger partial charge in [-0.1, -0.05) is 29.8 Å². The van der Waals surface area contributed by atoms with Gasteiger partial charge >= 0.3 is 0 Å². The van der Waals surface area contributed by atoms with E-state index in [1.807, 2.05) is 18.2 Å². The third-order valence-electron chi connectivity index (χ3n) is 1.92. The molecule has 0 amide bonds. The number of aliphatic hydroxyl groups excluding tert-OH is 1. The molecule has 1 unspecified atom stereocenters. The molecule has 0 saturated carbocycles. The molecule has 4 heteroatoms. The molecule has 0 aliphatic carbocycles. The molecule has 0 bridgehead atoms. The molecule has 0 aliphatic rings. The molecule has 3 nitrogen and oxygen atoms in total.